The molecule has 16 heavy (non-hydrogen) atoms. The van der Waals surface area contributed by atoms with Crippen LogP contribution in [0.25, 0.3) is 11.1 Å². The number of benzene rings is 1. The number of rotatable bonds is 2. The minimum atomic E-state index is 0.620. The SMILES string of the molecule is Nc1cccc(-c2cnn(C3CCC3)c2)c1. The average molecular weight is 213 g/mol. The van der Waals surface area contributed by atoms with E-state index in [0.717, 1.165) is 16.8 Å². The third-order valence-electron chi connectivity index (χ3n) is 3.27. The van der Waals surface area contributed by atoms with Gasteiger partial charge >= 0.3 is 0 Å². The lowest BCUT2D eigenvalue weighted by atomic mass is 9.93. The first-order valence-corrected chi connectivity index (χ1v) is 5.73. The largest absolute Gasteiger partial charge is 0.399 e. The molecule has 82 valence electrons. The van der Waals surface area contributed by atoms with Gasteiger partial charge in [0.05, 0.1) is 12.2 Å². The topological polar surface area (TPSA) is 43.8 Å². The van der Waals surface area contributed by atoms with Crippen LogP contribution in [0.1, 0.15) is 25.3 Å². The molecule has 2 N–H and O–H groups in total. The molecule has 1 aromatic heterocycles. The first kappa shape index (κ1) is 9.46. The van der Waals surface area contributed by atoms with Gasteiger partial charge in [0.25, 0.3) is 0 Å². The molecule has 0 saturated heterocycles. The first-order valence-electron chi connectivity index (χ1n) is 5.73. The van der Waals surface area contributed by atoms with Crippen molar-refractivity contribution in [1.29, 1.82) is 0 Å². The summed E-state index contributed by atoms with van der Waals surface area (Å²) in [5.74, 6) is 0. The Balaban J connectivity index is 1.91. The Bertz CT molecular complexity index is 497. The fourth-order valence-corrected chi connectivity index (χ4v) is 2.06. The number of nitrogen functional groups attached to an aromatic ring is 1. The van der Waals surface area contributed by atoms with Crippen LogP contribution in [-0.2, 0) is 0 Å². The van der Waals surface area contributed by atoms with Gasteiger partial charge in [-0.3, -0.25) is 4.68 Å². The lowest BCUT2D eigenvalue weighted by molar-refractivity contribution is 0.289. The summed E-state index contributed by atoms with van der Waals surface area (Å²) in [5.41, 5.74) is 8.87. The van der Waals surface area contributed by atoms with Gasteiger partial charge < -0.3 is 5.73 Å². The molecule has 1 aromatic carbocycles. The maximum absolute atomic E-state index is 5.77. The van der Waals surface area contributed by atoms with E-state index in [4.69, 9.17) is 5.73 Å². The van der Waals surface area contributed by atoms with Crippen molar-refractivity contribution in [3.63, 3.8) is 0 Å². The number of nitrogens with two attached hydrogens (primary N) is 1. The zero-order chi connectivity index (χ0) is 11.0. The summed E-state index contributed by atoms with van der Waals surface area (Å²) in [4.78, 5) is 0. The van der Waals surface area contributed by atoms with Gasteiger partial charge in [0.15, 0.2) is 0 Å². The van der Waals surface area contributed by atoms with Crippen LogP contribution in [0.4, 0.5) is 5.69 Å². The highest BCUT2D eigenvalue weighted by Crippen LogP contribution is 2.32. The van der Waals surface area contributed by atoms with Crippen molar-refractivity contribution in [3.8, 4) is 11.1 Å². The number of hydrogen-bond donors (Lipinski definition) is 1. The average Bonchev–Trinajstić information content (AvgIpc) is 2.64. The van der Waals surface area contributed by atoms with Gasteiger partial charge in [-0.1, -0.05) is 12.1 Å². The molecule has 1 aliphatic carbocycles. The van der Waals surface area contributed by atoms with Crippen molar-refractivity contribution < 1.29 is 0 Å². The zero-order valence-electron chi connectivity index (χ0n) is 9.13. The third kappa shape index (κ3) is 1.58. The van der Waals surface area contributed by atoms with E-state index in [1.54, 1.807) is 0 Å². The third-order valence-corrected chi connectivity index (χ3v) is 3.27. The Labute approximate surface area is 94.9 Å². The summed E-state index contributed by atoms with van der Waals surface area (Å²) in [6.07, 6.45) is 7.90. The number of hydrogen-bond acceptors (Lipinski definition) is 2. The van der Waals surface area contributed by atoms with Gasteiger partial charge in [0.1, 0.15) is 0 Å². The molecule has 1 fully saturated rings. The molecule has 0 amide bonds. The Morgan fingerprint density at radius 1 is 1.25 bits per heavy atom. The predicted octanol–water partition coefficient (Wildman–Crippen LogP) is 2.86. The summed E-state index contributed by atoms with van der Waals surface area (Å²) in [6, 6.07) is 8.56. The molecule has 0 spiro atoms. The summed E-state index contributed by atoms with van der Waals surface area (Å²) < 4.78 is 2.09. The smallest absolute Gasteiger partial charge is 0.0568 e. The maximum Gasteiger partial charge on any atom is 0.0568 e. The second-order valence-electron chi connectivity index (χ2n) is 4.42. The van der Waals surface area contributed by atoms with Crippen LogP contribution in [0.3, 0.4) is 0 Å². The van der Waals surface area contributed by atoms with Crippen molar-refractivity contribution in [1.82, 2.24) is 9.78 Å². The summed E-state index contributed by atoms with van der Waals surface area (Å²) in [7, 11) is 0. The van der Waals surface area contributed by atoms with E-state index in [-0.39, 0.29) is 0 Å². The zero-order valence-corrected chi connectivity index (χ0v) is 9.13. The number of aromatic nitrogens is 2. The minimum Gasteiger partial charge on any atom is -0.399 e. The van der Waals surface area contributed by atoms with Gasteiger partial charge in [-0.2, -0.15) is 5.10 Å². The molecule has 0 bridgehead atoms. The van der Waals surface area contributed by atoms with Crippen LogP contribution in [-0.4, -0.2) is 9.78 Å². The van der Waals surface area contributed by atoms with Crippen LogP contribution in [0, 0.1) is 0 Å². The van der Waals surface area contributed by atoms with Gasteiger partial charge in [0, 0.05) is 17.4 Å². The van der Waals surface area contributed by atoms with Gasteiger partial charge in [-0.25, -0.2) is 0 Å². The van der Waals surface area contributed by atoms with Crippen molar-refractivity contribution >= 4 is 5.69 Å². The molecular formula is C13H15N3. The molecule has 1 aliphatic rings. The summed E-state index contributed by atoms with van der Waals surface area (Å²) >= 11 is 0. The van der Waals surface area contributed by atoms with Crippen LogP contribution >= 0.6 is 0 Å². The quantitative estimate of drug-likeness (QED) is 0.779. The van der Waals surface area contributed by atoms with Crippen molar-refractivity contribution in [2.24, 2.45) is 0 Å². The van der Waals surface area contributed by atoms with E-state index in [2.05, 4.69) is 22.0 Å². The second kappa shape index (κ2) is 3.67. The van der Waals surface area contributed by atoms with Crippen molar-refractivity contribution in [2.75, 3.05) is 5.73 Å². The van der Waals surface area contributed by atoms with Crippen LogP contribution in [0.15, 0.2) is 36.7 Å². The normalized spacial score (nSPS) is 16.0. The fourth-order valence-electron chi connectivity index (χ4n) is 2.06. The van der Waals surface area contributed by atoms with Gasteiger partial charge in [-0.05, 0) is 37.0 Å². The molecule has 0 aliphatic heterocycles. The molecule has 2 aromatic rings. The fraction of sp³-hybridized carbons (Fsp3) is 0.308. The summed E-state index contributed by atoms with van der Waals surface area (Å²) in [5, 5.41) is 4.42. The first-order chi connectivity index (χ1) is 7.83. The molecule has 1 heterocycles. The molecule has 3 rings (SSSR count). The Morgan fingerprint density at radius 3 is 2.81 bits per heavy atom. The van der Waals surface area contributed by atoms with E-state index >= 15 is 0 Å². The Kier molecular flexibility index (Phi) is 2.17. The number of anilines is 1. The molecule has 3 heteroatoms. The van der Waals surface area contributed by atoms with E-state index < -0.39 is 0 Å². The highest BCUT2D eigenvalue weighted by Gasteiger charge is 2.20. The molecule has 0 radical (unpaired) electrons. The molecule has 1 saturated carbocycles. The lowest BCUT2D eigenvalue weighted by Crippen LogP contribution is -2.16. The van der Waals surface area contributed by atoms with Gasteiger partial charge in [0.2, 0.25) is 0 Å². The highest BCUT2D eigenvalue weighted by atomic mass is 15.3. The predicted molar refractivity (Wildman–Crippen MR) is 65.0 cm³/mol. The number of nitrogens with zero attached hydrogens (tertiary/aromatic N) is 2. The van der Waals surface area contributed by atoms with Crippen LogP contribution in [0.5, 0.6) is 0 Å². The minimum absolute atomic E-state index is 0.620. The van der Waals surface area contributed by atoms with Crippen molar-refractivity contribution in [3.05, 3.63) is 36.7 Å². The Hall–Kier alpha value is -1.77. The Morgan fingerprint density at radius 2 is 2.12 bits per heavy atom. The van der Waals surface area contributed by atoms with Crippen LogP contribution in [0.2, 0.25) is 0 Å². The van der Waals surface area contributed by atoms with E-state index in [0.29, 0.717) is 6.04 Å². The molecule has 0 unspecified atom stereocenters. The monoisotopic (exact) mass is 213 g/mol. The lowest BCUT2D eigenvalue weighted by Gasteiger charge is -2.25. The molecular weight excluding hydrogens is 198 g/mol. The maximum atomic E-state index is 5.77. The molecule has 3 nitrogen and oxygen atoms in total. The second-order valence-corrected chi connectivity index (χ2v) is 4.42. The highest BCUT2D eigenvalue weighted by molar-refractivity contribution is 5.65. The van der Waals surface area contributed by atoms with E-state index in [1.807, 2.05) is 24.4 Å². The standard InChI is InChI=1S/C13H15N3/c14-12-4-1-3-10(7-12)11-8-15-16(9-11)13-5-2-6-13/h1,3-4,7-9,13H,2,5-6,14H2. The van der Waals surface area contributed by atoms with Crippen molar-refractivity contribution in [2.45, 2.75) is 25.3 Å². The van der Waals surface area contributed by atoms with Crippen LogP contribution < -0.4 is 5.73 Å². The van der Waals surface area contributed by atoms with E-state index in [1.165, 1.54) is 19.3 Å². The molecule has 0 atom stereocenters. The van der Waals surface area contributed by atoms with Gasteiger partial charge in [-0.15, -0.1) is 0 Å². The summed E-state index contributed by atoms with van der Waals surface area (Å²) in [6.45, 7) is 0. The van der Waals surface area contributed by atoms with E-state index in [9.17, 15) is 0 Å².